The lowest BCUT2D eigenvalue weighted by Gasteiger charge is -2.18. The van der Waals surface area contributed by atoms with Gasteiger partial charge in [-0.05, 0) is 74.4 Å². The summed E-state index contributed by atoms with van der Waals surface area (Å²) >= 11 is 0. The van der Waals surface area contributed by atoms with E-state index in [2.05, 4.69) is 30.6 Å². The number of hydrogen-bond donors (Lipinski definition) is 2. The molecule has 1 amide bonds. The maximum atomic E-state index is 13.6. The Morgan fingerprint density at radius 3 is 2.48 bits per heavy atom. The average molecular weight is 544 g/mol. The molecule has 2 N–H and O–H groups in total. The second-order valence-corrected chi connectivity index (χ2v) is 9.22. The summed E-state index contributed by atoms with van der Waals surface area (Å²) in [7, 11) is 0. The highest BCUT2D eigenvalue weighted by Crippen LogP contribution is 2.36. The van der Waals surface area contributed by atoms with Crippen LogP contribution in [0.5, 0.6) is 0 Å². The summed E-state index contributed by atoms with van der Waals surface area (Å²) in [6.45, 7) is 5.12. The summed E-state index contributed by atoms with van der Waals surface area (Å²) in [5.41, 5.74) is 3.71. The highest BCUT2D eigenvalue weighted by molar-refractivity contribution is 6.06. The molecule has 11 heteroatoms. The van der Waals surface area contributed by atoms with Gasteiger partial charge in [0.15, 0.2) is 0 Å². The van der Waals surface area contributed by atoms with E-state index >= 15 is 0 Å². The van der Waals surface area contributed by atoms with Gasteiger partial charge in [0, 0.05) is 41.6 Å². The molecule has 0 spiro atoms. The topological polar surface area (TPSA) is 97.6 Å². The summed E-state index contributed by atoms with van der Waals surface area (Å²) in [6.07, 6.45) is 3.45. The van der Waals surface area contributed by atoms with E-state index < -0.39 is 17.6 Å². The zero-order valence-electron chi connectivity index (χ0n) is 21.8. The summed E-state index contributed by atoms with van der Waals surface area (Å²) < 4.78 is 42.2. The SMILES string of the molecule is Cc1cn(-c2cc(C(F)(F)F)cc(C)c2NC(=O)c2ccc(C)c(Nc3nccc(-c4cccnc4)n3)c2)cn1. The molecule has 0 atom stereocenters. The van der Waals surface area contributed by atoms with Crippen LogP contribution in [0.25, 0.3) is 16.9 Å². The number of anilines is 3. The van der Waals surface area contributed by atoms with Crippen LogP contribution in [0.3, 0.4) is 0 Å². The van der Waals surface area contributed by atoms with Crippen LogP contribution in [-0.2, 0) is 6.18 Å². The molecule has 8 nitrogen and oxygen atoms in total. The van der Waals surface area contributed by atoms with Gasteiger partial charge in [0.2, 0.25) is 5.95 Å². The van der Waals surface area contributed by atoms with Crippen molar-refractivity contribution in [2.24, 2.45) is 0 Å². The van der Waals surface area contributed by atoms with Gasteiger partial charge in [0.05, 0.1) is 34.7 Å². The van der Waals surface area contributed by atoms with E-state index in [4.69, 9.17) is 0 Å². The summed E-state index contributed by atoms with van der Waals surface area (Å²) in [6, 6.07) is 12.5. The van der Waals surface area contributed by atoms with Crippen molar-refractivity contribution in [2.45, 2.75) is 26.9 Å². The molecule has 202 valence electrons. The number of carbonyl (C=O) groups excluding carboxylic acids is 1. The van der Waals surface area contributed by atoms with Crippen molar-refractivity contribution in [1.82, 2.24) is 24.5 Å². The quantitative estimate of drug-likeness (QED) is 0.248. The third-order valence-corrected chi connectivity index (χ3v) is 6.23. The largest absolute Gasteiger partial charge is 0.416 e. The first-order valence-electron chi connectivity index (χ1n) is 12.2. The van der Waals surface area contributed by atoms with Crippen LogP contribution in [0, 0.1) is 20.8 Å². The fourth-order valence-electron chi connectivity index (χ4n) is 4.15. The maximum absolute atomic E-state index is 13.6. The van der Waals surface area contributed by atoms with Crippen LogP contribution < -0.4 is 10.6 Å². The number of nitrogens with zero attached hydrogens (tertiary/aromatic N) is 5. The van der Waals surface area contributed by atoms with E-state index in [-0.39, 0.29) is 16.9 Å². The number of pyridine rings is 1. The monoisotopic (exact) mass is 543 g/mol. The Balaban J connectivity index is 1.45. The number of aromatic nitrogens is 5. The van der Waals surface area contributed by atoms with E-state index in [0.29, 0.717) is 28.6 Å². The van der Waals surface area contributed by atoms with Gasteiger partial charge in [-0.25, -0.2) is 15.0 Å². The predicted molar refractivity (Wildman–Crippen MR) is 146 cm³/mol. The van der Waals surface area contributed by atoms with Crippen molar-refractivity contribution in [1.29, 1.82) is 0 Å². The number of alkyl halides is 3. The summed E-state index contributed by atoms with van der Waals surface area (Å²) in [4.78, 5) is 30.4. The Kier molecular flexibility index (Phi) is 7.03. The first-order valence-corrected chi connectivity index (χ1v) is 12.2. The number of aryl methyl sites for hydroxylation is 3. The van der Waals surface area contributed by atoms with Crippen LogP contribution in [0.1, 0.15) is 32.7 Å². The Bertz CT molecular complexity index is 1700. The van der Waals surface area contributed by atoms with E-state index in [9.17, 15) is 18.0 Å². The number of carbonyl (C=O) groups is 1. The fraction of sp³-hybridized carbons (Fsp3) is 0.138. The minimum absolute atomic E-state index is 0.160. The third kappa shape index (κ3) is 5.68. The zero-order valence-corrected chi connectivity index (χ0v) is 21.8. The van der Waals surface area contributed by atoms with Crippen molar-refractivity contribution in [3.8, 4) is 16.9 Å². The van der Waals surface area contributed by atoms with E-state index in [1.165, 1.54) is 17.8 Å². The Hall–Kier alpha value is -5.06. The zero-order chi connectivity index (χ0) is 28.4. The second kappa shape index (κ2) is 10.6. The number of hydrogen-bond acceptors (Lipinski definition) is 6. The number of amides is 1. The summed E-state index contributed by atoms with van der Waals surface area (Å²) in [5, 5.41) is 5.96. The lowest BCUT2D eigenvalue weighted by atomic mass is 10.1. The van der Waals surface area contributed by atoms with Crippen LogP contribution in [0.2, 0.25) is 0 Å². The molecule has 0 aliphatic rings. The van der Waals surface area contributed by atoms with Crippen LogP contribution in [-0.4, -0.2) is 30.4 Å². The van der Waals surface area contributed by atoms with Gasteiger partial charge in [0.1, 0.15) is 0 Å². The maximum Gasteiger partial charge on any atom is 0.416 e. The standard InChI is InChI=1S/C29H24F3N7O/c1-17-6-7-20(12-24(17)37-28-34-10-8-23(36-28)21-5-4-9-33-14-21)27(40)38-26-18(2)11-22(29(30,31)32)13-25(26)39-15-19(3)35-16-39/h4-16H,1-3H3,(H,38,40)(H,34,36,37). The number of halogens is 3. The van der Waals surface area contributed by atoms with Gasteiger partial charge in [-0.1, -0.05) is 6.07 Å². The molecule has 0 saturated heterocycles. The minimum atomic E-state index is -4.55. The molecular formula is C29H24F3N7O. The molecule has 5 aromatic rings. The van der Waals surface area contributed by atoms with Crippen molar-refractivity contribution >= 4 is 23.2 Å². The predicted octanol–water partition coefficient (Wildman–Crippen LogP) is 6.66. The smallest absolute Gasteiger partial charge is 0.324 e. The number of benzene rings is 2. The molecular weight excluding hydrogens is 519 g/mol. The molecule has 0 unspecified atom stereocenters. The van der Waals surface area contributed by atoms with Gasteiger partial charge >= 0.3 is 6.18 Å². The number of rotatable bonds is 6. The number of nitrogens with one attached hydrogen (secondary N) is 2. The molecule has 0 aliphatic heterocycles. The molecule has 3 heterocycles. The van der Waals surface area contributed by atoms with E-state index in [1.54, 1.807) is 56.0 Å². The van der Waals surface area contributed by atoms with E-state index in [1.807, 2.05) is 19.1 Å². The van der Waals surface area contributed by atoms with E-state index in [0.717, 1.165) is 23.3 Å². The van der Waals surface area contributed by atoms with Gasteiger partial charge in [0.25, 0.3) is 5.91 Å². The van der Waals surface area contributed by atoms with Gasteiger partial charge in [-0.3, -0.25) is 9.78 Å². The molecule has 2 aromatic carbocycles. The molecule has 0 aliphatic carbocycles. The van der Waals surface area contributed by atoms with Gasteiger partial charge in [-0.2, -0.15) is 13.2 Å². The Labute approximate surface area is 228 Å². The van der Waals surface area contributed by atoms with Crippen molar-refractivity contribution < 1.29 is 18.0 Å². The molecule has 0 saturated carbocycles. The molecule has 40 heavy (non-hydrogen) atoms. The van der Waals surface area contributed by atoms with Gasteiger partial charge in [-0.15, -0.1) is 0 Å². The lowest BCUT2D eigenvalue weighted by molar-refractivity contribution is -0.137. The second-order valence-electron chi connectivity index (χ2n) is 9.22. The summed E-state index contributed by atoms with van der Waals surface area (Å²) in [5.74, 6) is -0.160. The van der Waals surface area contributed by atoms with Crippen molar-refractivity contribution in [2.75, 3.05) is 10.6 Å². The van der Waals surface area contributed by atoms with Crippen molar-refractivity contribution in [3.05, 3.63) is 108 Å². The van der Waals surface area contributed by atoms with Crippen LogP contribution in [0.15, 0.2) is 79.6 Å². The van der Waals surface area contributed by atoms with Crippen LogP contribution >= 0.6 is 0 Å². The Morgan fingerprint density at radius 1 is 0.950 bits per heavy atom. The minimum Gasteiger partial charge on any atom is -0.324 e. The molecule has 0 fully saturated rings. The molecule has 0 radical (unpaired) electrons. The first-order chi connectivity index (χ1) is 19.1. The average Bonchev–Trinajstić information content (AvgIpc) is 3.37. The highest BCUT2D eigenvalue weighted by atomic mass is 19.4. The van der Waals surface area contributed by atoms with Crippen molar-refractivity contribution in [3.63, 3.8) is 0 Å². The fourth-order valence-corrected chi connectivity index (χ4v) is 4.15. The van der Waals surface area contributed by atoms with Gasteiger partial charge < -0.3 is 15.2 Å². The Morgan fingerprint density at radius 2 is 1.77 bits per heavy atom. The lowest BCUT2D eigenvalue weighted by Crippen LogP contribution is -2.16. The normalized spacial score (nSPS) is 11.3. The molecule has 0 bridgehead atoms. The third-order valence-electron chi connectivity index (χ3n) is 6.23. The highest BCUT2D eigenvalue weighted by Gasteiger charge is 2.32. The first kappa shape index (κ1) is 26.5. The van der Waals surface area contributed by atoms with Crippen LogP contribution in [0.4, 0.5) is 30.5 Å². The molecule has 5 rings (SSSR count). The number of imidazole rings is 1. The molecule has 3 aromatic heterocycles.